The van der Waals surface area contributed by atoms with Gasteiger partial charge < -0.3 is 9.80 Å². The van der Waals surface area contributed by atoms with Gasteiger partial charge >= 0.3 is 0 Å². The van der Waals surface area contributed by atoms with Gasteiger partial charge in [0.2, 0.25) is 0 Å². The van der Waals surface area contributed by atoms with E-state index in [1.807, 2.05) is 0 Å². The molecule has 0 bridgehead atoms. The van der Waals surface area contributed by atoms with Crippen molar-refractivity contribution in [2.24, 2.45) is 0 Å². The highest BCUT2D eigenvalue weighted by Gasteiger charge is 2.48. The van der Waals surface area contributed by atoms with E-state index >= 15 is 0 Å². The van der Waals surface area contributed by atoms with Crippen LogP contribution in [0.4, 0.5) is 34.1 Å². The Labute approximate surface area is 428 Å². The summed E-state index contributed by atoms with van der Waals surface area (Å²) < 4.78 is 0. The monoisotopic (exact) mass is 932 g/mol. The zero-order valence-electron chi connectivity index (χ0n) is 41.0. The lowest BCUT2D eigenvalue weighted by Crippen LogP contribution is -2.29. The van der Waals surface area contributed by atoms with Crippen molar-refractivity contribution in [1.29, 1.82) is 0 Å². The van der Waals surface area contributed by atoms with E-state index in [1.54, 1.807) is 0 Å². The number of aryl methyl sites for hydroxylation is 2. The number of anilines is 6. The average Bonchev–Trinajstić information content (AvgIpc) is 3.78. The van der Waals surface area contributed by atoms with Gasteiger partial charge in [0.1, 0.15) is 0 Å². The first-order valence-electron chi connectivity index (χ1n) is 25.3. The molecule has 13 rings (SSSR count). The molecule has 0 saturated heterocycles. The molecule has 0 aromatic heterocycles. The maximum Gasteiger partial charge on any atom is 0.0720 e. The Bertz CT molecular complexity index is 3920. The van der Waals surface area contributed by atoms with Gasteiger partial charge in [-0.15, -0.1) is 0 Å². The van der Waals surface area contributed by atoms with Crippen LogP contribution in [0.2, 0.25) is 0 Å². The second kappa shape index (κ2) is 18.2. The van der Waals surface area contributed by atoms with E-state index in [2.05, 4.69) is 303 Å². The Hall–Kier alpha value is -9.24. The van der Waals surface area contributed by atoms with E-state index in [4.69, 9.17) is 0 Å². The molecule has 1 aliphatic rings. The molecule has 0 unspecified atom stereocenters. The number of fused-ring (bicyclic) bond motifs is 8. The van der Waals surface area contributed by atoms with Crippen LogP contribution < -0.4 is 9.80 Å². The predicted octanol–water partition coefficient (Wildman–Crippen LogP) is 19.2. The molecule has 12 aromatic rings. The Morgan fingerprint density at radius 2 is 0.685 bits per heavy atom. The Balaban J connectivity index is 1.09. The summed E-state index contributed by atoms with van der Waals surface area (Å²) in [6, 6.07) is 103. The van der Waals surface area contributed by atoms with E-state index in [0.717, 1.165) is 34.1 Å². The van der Waals surface area contributed by atoms with Crippen LogP contribution in [0, 0.1) is 13.8 Å². The van der Waals surface area contributed by atoms with Crippen molar-refractivity contribution >= 4 is 55.7 Å². The number of rotatable bonds is 10. The standard InChI is InChI=1S/C71H52N2/c1-49-33-37-57(38-34-49)72(59-29-17-23-53(45-59)51-19-7-3-8-20-51)61-41-43-65-67(47-61)63-31-15-16-32-64(63)69-66-44-42-62(48-68(66)71(70(65)69,55-25-11-5-12-26-55)56-27-13-6-14-28-56)73(58-39-35-50(2)36-40-58)60-30-18-24-54(46-60)52-21-9-4-10-22-52/h3-48H,1-2H3. The molecule has 2 heteroatoms. The van der Waals surface area contributed by atoms with Crippen LogP contribution in [-0.4, -0.2) is 0 Å². The molecule has 346 valence electrons. The topological polar surface area (TPSA) is 6.48 Å². The third-order valence-electron chi connectivity index (χ3n) is 15.0. The van der Waals surface area contributed by atoms with E-state index in [0.29, 0.717) is 0 Å². The number of hydrogen-bond donors (Lipinski definition) is 0. The molecule has 0 fully saturated rings. The third-order valence-corrected chi connectivity index (χ3v) is 15.0. The minimum Gasteiger partial charge on any atom is -0.310 e. The van der Waals surface area contributed by atoms with Gasteiger partial charge in [-0.1, -0.05) is 217 Å². The van der Waals surface area contributed by atoms with E-state index in [-0.39, 0.29) is 0 Å². The maximum absolute atomic E-state index is 2.50. The van der Waals surface area contributed by atoms with E-state index in [1.165, 1.54) is 88.3 Å². The van der Waals surface area contributed by atoms with Gasteiger partial charge in [-0.25, -0.2) is 0 Å². The van der Waals surface area contributed by atoms with Crippen molar-refractivity contribution in [2.45, 2.75) is 19.3 Å². The molecule has 0 saturated carbocycles. The lowest BCUT2D eigenvalue weighted by molar-refractivity contribution is 0.776. The second-order valence-electron chi connectivity index (χ2n) is 19.4. The zero-order valence-corrected chi connectivity index (χ0v) is 41.0. The van der Waals surface area contributed by atoms with Gasteiger partial charge in [0.15, 0.2) is 0 Å². The highest BCUT2D eigenvalue weighted by molar-refractivity contribution is 6.20. The van der Waals surface area contributed by atoms with Crippen molar-refractivity contribution in [3.63, 3.8) is 0 Å². The minimum absolute atomic E-state index is 0.696. The summed E-state index contributed by atoms with van der Waals surface area (Å²) in [4.78, 5) is 4.85. The first kappa shape index (κ1) is 43.8. The average molecular weight is 933 g/mol. The molecule has 0 amide bonds. The third kappa shape index (κ3) is 7.50. The molecule has 0 heterocycles. The van der Waals surface area contributed by atoms with Gasteiger partial charge in [0.05, 0.1) is 5.41 Å². The SMILES string of the molecule is Cc1ccc(N(c2cccc(-c3ccccc3)c2)c2ccc3c(c2)C(c2ccccc2)(c2ccccc2)c2c-3c3ccccc3c3cc(N(c4ccc(C)cc4)c4cccc(-c5ccccc5)c4)ccc23)cc1. The molecule has 0 atom stereocenters. The van der Waals surface area contributed by atoms with Crippen molar-refractivity contribution in [1.82, 2.24) is 0 Å². The molecule has 0 aliphatic heterocycles. The van der Waals surface area contributed by atoms with Crippen LogP contribution in [0.25, 0.3) is 54.9 Å². The van der Waals surface area contributed by atoms with Crippen molar-refractivity contribution in [3.05, 3.63) is 312 Å². The largest absolute Gasteiger partial charge is 0.310 e. The normalized spacial score (nSPS) is 12.4. The van der Waals surface area contributed by atoms with Gasteiger partial charge in [-0.05, 0) is 164 Å². The first-order chi connectivity index (χ1) is 36.0. The van der Waals surface area contributed by atoms with Crippen LogP contribution >= 0.6 is 0 Å². The summed E-state index contributed by atoms with van der Waals surface area (Å²) in [6.07, 6.45) is 0. The highest BCUT2D eigenvalue weighted by atomic mass is 15.1. The summed E-state index contributed by atoms with van der Waals surface area (Å²) in [5.41, 5.74) is 20.6. The van der Waals surface area contributed by atoms with E-state index in [9.17, 15) is 0 Å². The van der Waals surface area contributed by atoms with Crippen LogP contribution in [0.15, 0.2) is 279 Å². The van der Waals surface area contributed by atoms with Crippen molar-refractivity contribution in [2.75, 3.05) is 9.80 Å². The molecule has 0 radical (unpaired) electrons. The quantitative estimate of drug-likeness (QED) is 0.126. The van der Waals surface area contributed by atoms with Gasteiger partial charge in [-0.3, -0.25) is 0 Å². The number of hydrogen-bond acceptors (Lipinski definition) is 2. The lowest BCUT2D eigenvalue weighted by Gasteiger charge is -2.36. The molecule has 1 aliphatic carbocycles. The van der Waals surface area contributed by atoms with Crippen LogP contribution in [0.5, 0.6) is 0 Å². The predicted molar refractivity (Wildman–Crippen MR) is 308 cm³/mol. The first-order valence-corrected chi connectivity index (χ1v) is 25.3. The Morgan fingerprint density at radius 1 is 0.274 bits per heavy atom. The molecule has 0 spiro atoms. The molecular weight excluding hydrogens is 881 g/mol. The molecule has 73 heavy (non-hydrogen) atoms. The minimum atomic E-state index is -0.696. The lowest BCUT2D eigenvalue weighted by atomic mass is 9.66. The van der Waals surface area contributed by atoms with Crippen molar-refractivity contribution < 1.29 is 0 Å². The molecule has 2 nitrogen and oxygen atoms in total. The maximum atomic E-state index is 2.50. The van der Waals surface area contributed by atoms with Crippen LogP contribution in [0.1, 0.15) is 33.4 Å². The summed E-state index contributed by atoms with van der Waals surface area (Å²) in [7, 11) is 0. The molecular formula is C71H52N2. The molecule has 0 N–H and O–H groups in total. The summed E-state index contributed by atoms with van der Waals surface area (Å²) >= 11 is 0. The van der Waals surface area contributed by atoms with Gasteiger partial charge in [0.25, 0.3) is 0 Å². The summed E-state index contributed by atoms with van der Waals surface area (Å²) in [5.74, 6) is 0. The summed E-state index contributed by atoms with van der Waals surface area (Å²) in [6.45, 7) is 4.31. The van der Waals surface area contributed by atoms with Crippen molar-refractivity contribution in [3.8, 4) is 33.4 Å². The van der Waals surface area contributed by atoms with E-state index < -0.39 is 5.41 Å². The number of nitrogens with zero attached hydrogens (tertiary/aromatic N) is 2. The Kier molecular flexibility index (Phi) is 10.9. The number of benzene rings is 12. The fourth-order valence-corrected chi connectivity index (χ4v) is 11.7. The van der Waals surface area contributed by atoms with Crippen LogP contribution in [-0.2, 0) is 5.41 Å². The molecule has 12 aromatic carbocycles. The summed E-state index contributed by atoms with van der Waals surface area (Å²) in [5, 5.41) is 4.91. The van der Waals surface area contributed by atoms with Gasteiger partial charge in [-0.2, -0.15) is 0 Å². The zero-order chi connectivity index (χ0) is 48.9. The highest BCUT2D eigenvalue weighted by Crippen LogP contribution is 2.61. The van der Waals surface area contributed by atoms with Gasteiger partial charge in [0, 0.05) is 34.1 Å². The smallest absolute Gasteiger partial charge is 0.0720 e. The fraction of sp³-hybridized carbons (Fsp3) is 0.0423. The Morgan fingerprint density at radius 3 is 1.21 bits per heavy atom. The van der Waals surface area contributed by atoms with Crippen LogP contribution in [0.3, 0.4) is 0 Å². The second-order valence-corrected chi connectivity index (χ2v) is 19.4. The fourth-order valence-electron chi connectivity index (χ4n) is 11.7.